The Hall–Kier alpha value is -0.940. The molecule has 0 aliphatic carbocycles. The normalized spacial score (nSPS) is 14.1. The number of hydrogen-bond acceptors (Lipinski definition) is 3. The SMILES string of the molecule is CC(C)(c1ncccc1N)S(=O)O. The van der Waals surface area contributed by atoms with Gasteiger partial charge in [0.25, 0.3) is 0 Å². The third-order valence-corrected chi connectivity index (χ3v) is 2.91. The average molecular weight is 200 g/mol. The lowest BCUT2D eigenvalue weighted by Crippen LogP contribution is -2.25. The maximum Gasteiger partial charge on any atom is 0.164 e. The molecule has 0 bridgehead atoms. The van der Waals surface area contributed by atoms with Gasteiger partial charge in [-0.15, -0.1) is 0 Å². The van der Waals surface area contributed by atoms with Crippen molar-refractivity contribution in [3.05, 3.63) is 24.0 Å². The Balaban J connectivity index is 3.22. The Morgan fingerprint density at radius 3 is 2.69 bits per heavy atom. The van der Waals surface area contributed by atoms with E-state index in [4.69, 9.17) is 10.3 Å². The van der Waals surface area contributed by atoms with Crippen LogP contribution in [0.5, 0.6) is 0 Å². The number of nitrogens with zero attached hydrogens (tertiary/aromatic N) is 1. The van der Waals surface area contributed by atoms with Crippen LogP contribution in [0.3, 0.4) is 0 Å². The van der Waals surface area contributed by atoms with Gasteiger partial charge in [-0.2, -0.15) is 0 Å². The van der Waals surface area contributed by atoms with Gasteiger partial charge in [-0.1, -0.05) is 0 Å². The summed E-state index contributed by atoms with van der Waals surface area (Å²) in [6.45, 7) is 3.25. The average Bonchev–Trinajstić information content (AvgIpc) is 2.04. The first kappa shape index (κ1) is 10.1. The Morgan fingerprint density at radius 1 is 1.62 bits per heavy atom. The molecular formula is C8H12N2O2S. The summed E-state index contributed by atoms with van der Waals surface area (Å²) in [4.78, 5) is 3.99. The van der Waals surface area contributed by atoms with Gasteiger partial charge in [0.1, 0.15) is 4.75 Å². The number of aromatic nitrogens is 1. The van der Waals surface area contributed by atoms with E-state index in [1.807, 2.05) is 0 Å². The van der Waals surface area contributed by atoms with E-state index in [1.165, 1.54) is 0 Å². The van der Waals surface area contributed by atoms with Gasteiger partial charge in [-0.05, 0) is 26.0 Å². The van der Waals surface area contributed by atoms with Gasteiger partial charge in [0, 0.05) is 6.20 Å². The lowest BCUT2D eigenvalue weighted by Gasteiger charge is -2.20. The van der Waals surface area contributed by atoms with Gasteiger partial charge in [-0.25, -0.2) is 4.21 Å². The summed E-state index contributed by atoms with van der Waals surface area (Å²) in [6, 6.07) is 3.35. The molecule has 72 valence electrons. The molecule has 1 atom stereocenters. The molecule has 1 rings (SSSR count). The molecule has 1 unspecified atom stereocenters. The summed E-state index contributed by atoms with van der Waals surface area (Å²) in [5.74, 6) is 0. The van der Waals surface area contributed by atoms with Crippen LogP contribution in [0.1, 0.15) is 19.5 Å². The molecule has 0 spiro atoms. The highest BCUT2D eigenvalue weighted by atomic mass is 32.2. The van der Waals surface area contributed by atoms with Crippen LogP contribution in [-0.4, -0.2) is 13.7 Å². The lowest BCUT2D eigenvalue weighted by molar-refractivity contribution is 0.520. The van der Waals surface area contributed by atoms with E-state index < -0.39 is 15.8 Å². The zero-order valence-corrected chi connectivity index (χ0v) is 8.34. The standard InChI is InChI=1S/C8H12N2O2S/c1-8(2,13(11)12)7-6(9)4-3-5-10-7/h3-5H,9H2,1-2H3,(H,11,12). The summed E-state index contributed by atoms with van der Waals surface area (Å²) in [5, 5.41) is 0. The van der Waals surface area contributed by atoms with Gasteiger partial charge in [0.05, 0.1) is 11.4 Å². The lowest BCUT2D eigenvalue weighted by atomic mass is 10.1. The van der Waals surface area contributed by atoms with Gasteiger partial charge in [-0.3, -0.25) is 4.98 Å². The molecule has 0 radical (unpaired) electrons. The fraction of sp³-hybridized carbons (Fsp3) is 0.375. The molecule has 3 N–H and O–H groups in total. The van der Waals surface area contributed by atoms with Crippen LogP contribution in [0.4, 0.5) is 5.69 Å². The first-order valence-electron chi connectivity index (χ1n) is 3.78. The van der Waals surface area contributed by atoms with E-state index in [2.05, 4.69) is 4.98 Å². The minimum Gasteiger partial charge on any atom is -0.397 e. The highest BCUT2D eigenvalue weighted by Crippen LogP contribution is 2.28. The van der Waals surface area contributed by atoms with E-state index in [1.54, 1.807) is 32.2 Å². The molecule has 13 heavy (non-hydrogen) atoms. The highest BCUT2D eigenvalue weighted by molar-refractivity contribution is 7.80. The van der Waals surface area contributed by atoms with Gasteiger partial charge >= 0.3 is 0 Å². The maximum atomic E-state index is 11.0. The molecule has 1 aromatic heterocycles. The second-order valence-corrected chi connectivity index (χ2v) is 4.72. The van der Waals surface area contributed by atoms with Crippen LogP contribution in [-0.2, 0) is 15.8 Å². The number of nitrogens with two attached hydrogens (primary N) is 1. The Bertz CT molecular complexity index is 339. The summed E-state index contributed by atoms with van der Waals surface area (Å²) >= 11 is -1.98. The Kier molecular flexibility index (Phi) is 2.68. The van der Waals surface area contributed by atoms with Crippen LogP contribution in [0.2, 0.25) is 0 Å². The van der Waals surface area contributed by atoms with Crippen LogP contribution < -0.4 is 5.73 Å². The smallest absolute Gasteiger partial charge is 0.164 e. The zero-order chi connectivity index (χ0) is 10.1. The van der Waals surface area contributed by atoms with Crippen molar-refractivity contribution in [2.75, 3.05) is 5.73 Å². The van der Waals surface area contributed by atoms with E-state index in [9.17, 15) is 4.21 Å². The predicted octanol–water partition coefficient (Wildman–Crippen LogP) is 1.12. The van der Waals surface area contributed by atoms with Crippen molar-refractivity contribution in [3.63, 3.8) is 0 Å². The third-order valence-electron chi connectivity index (χ3n) is 1.85. The molecule has 5 heteroatoms. The topological polar surface area (TPSA) is 76.2 Å². The largest absolute Gasteiger partial charge is 0.397 e. The first-order valence-corrected chi connectivity index (χ1v) is 4.89. The molecule has 1 heterocycles. The van der Waals surface area contributed by atoms with Crippen molar-refractivity contribution in [2.45, 2.75) is 18.6 Å². The number of rotatable bonds is 2. The summed E-state index contributed by atoms with van der Waals surface area (Å²) in [5.41, 5.74) is 6.53. The van der Waals surface area contributed by atoms with E-state index in [0.717, 1.165) is 0 Å². The molecule has 0 aromatic carbocycles. The van der Waals surface area contributed by atoms with Gasteiger partial charge in [0.15, 0.2) is 11.1 Å². The molecule has 0 saturated carbocycles. The predicted molar refractivity (Wildman–Crippen MR) is 52.4 cm³/mol. The first-order chi connectivity index (χ1) is 5.96. The summed E-state index contributed by atoms with van der Waals surface area (Å²) in [6.07, 6.45) is 1.56. The molecule has 0 fully saturated rings. The van der Waals surface area contributed by atoms with E-state index >= 15 is 0 Å². The van der Waals surface area contributed by atoms with Crippen molar-refractivity contribution in [2.24, 2.45) is 0 Å². The number of nitrogen functional groups attached to an aromatic ring is 1. The zero-order valence-electron chi connectivity index (χ0n) is 7.52. The summed E-state index contributed by atoms with van der Waals surface area (Å²) in [7, 11) is 0. The quantitative estimate of drug-likeness (QED) is 0.701. The fourth-order valence-electron chi connectivity index (χ4n) is 1.00. The number of pyridine rings is 1. The minimum absolute atomic E-state index is 0.440. The van der Waals surface area contributed by atoms with Crippen molar-refractivity contribution in [3.8, 4) is 0 Å². The van der Waals surface area contributed by atoms with Crippen molar-refractivity contribution < 1.29 is 8.76 Å². The molecule has 0 amide bonds. The number of anilines is 1. The molecule has 0 aliphatic rings. The van der Waals surface area contributed by atoms with Gasteiger partial charge in [0.2, 0.25) is 0 Å². The molecule has 0 saturated heterocycles. The molecule has 0 aliphatic heterocycles. The monoisotopic (exact) mass is 200 g/mol. The van der Waals surface area contributed by atoms with Crippen LogP contribution >= 0.6 is 0 Å². The molecular weight excluding hydrogens is 188 g/mol. The van der Waals surface area contributed by atoms with Crippen LogP contribution in [0.15, 0.2) is 18.3 Å². The van der Waals surface area contributed by atoms with Crippen molar-refractivity contribution >= 4 is 16.8 Å². The summed E-state index contributed by atoms with van der Waals surface area (Å²) < 4.78 is 19.1. The minimum atomic E-state index is -1.98. The van der Waals surface area contributed by atoms with Crippen LogP contribution in [0, 0.1) is 0 Å². The van der Waals surface area contributed by atoms with E-state index in [0.29, 0.717) is 11.4 Å². The third kappa shape index (κ3) is 1.87. The van der Waals surface area contributed by atoms with Crippen LogP contribution in [0.25, 0.3) is 0 Å². The maximum absolute atomic E-state index is 11.0. The van der Waals surface area contributed by atoms with Crippen molar-refractivity contribution in [1.82, 2.24) is 4.98 Å². The van der Waals surface area contributed by atoms with Gasteiger partial charge < -0.3 is 10.3 Å². The fourth-order valence-corrected chi connectivity index (χ4v) is 1.34. The second-order valence-electron chi connectivity index (χ2n) is 3.20. The second kappa shape index (κ2) is 3.43. The van der Waals surface area contributed by atoms with Crippen molar-refractivity contribution in [1.29, 1.82) is 0 Å². The Morgan fingerprint density at radius 2 is 2.23 bits per heavy atom. The molecule has 1 aromatic rings. The number of hydrogen-bond donors (Lipinski definition) is 2. The van der Waals surface area contributed by atoms with E-state index in [-0.39, 0.29) is 0 Å². The molecule has 4 nitrogen and oxygen atoms in total. The highest BCUT2D eigenvalue weighted by Gasteiger charge is 2.30. The Labute approximate surface area is 79.5 Å².